The molecule has 2 aromatic rings. The van der Waals surface area contributed by atoms with Gasteiger partial charge in [-0.2, -0.15) is 13.2 Å². The van der Waals surface area contributed by atoms with E-state index in [-0.39, 0.29) is 24.0 Å². The van der Waals surface area contributed by atoms with E-state index in [0.29, 0.717) is 42.8 Å². The number of alkyl halides is 3. The standard InChI is InChI=1S/C29H37F3N6O3/c1-19(21-6-5-7-21)34-25-23(24(33-2)35-26(36-25)27(39)40)38(16-20-8-10-22(11-9-20)29(30,31)32)18-37-14-15-41-28(17-37)12-3-4-13-28/h8-11,19,21H,2-7,12-18H2,1H3,(H,39,40)(H,34,35,36)/t19-/m1/s1. The summed E-state index contributed by atoms with van der Waals surface area (Å²) in [6.07, 6.45) is 3.06. The minimum absolute atomic E-state index is 0.0229. The van der Waals surface area contributed by atoms with Gasteiger partial charge >= 0.3 is 12.1 Å². The van der Waals surface area contributed by atoms with E-state index in [9.17, 15) is 23.1 Å². The Morgan fingerprint density at radius 3 is 2.54 bits per heavy atom. The van der Waals surface area contributed by atoms with Gasteiger partial charge in [-0.15, -0.1) is 0 Å². The van der Waals surface area contributed by atoms with Crippen LogP contribution >= 0.6 is 0 Å². The Morgan fingerprint density at radius 1 is 1.24 bits per heavy atom. The van der Waals surface area contributed by atoms with Crippen molar-refractivity contribution in [2.75, 3.05) is 36.6 Å². The molecule has 0 unspecified atom stereocenters. The number of anilines is 2. The Labute approximate surface area is 237 Å². The molecule has 1 aromatic heterocycles. The number of carboxylic acids is 1. The number of aromatic nitrogens is 2. The van der Waals surface area contributed by atoms with Crippen molar-refractivity contribution >= 4 is 30.0 Å². The molecule has 2 N–H and O–H groups in total. The van der Waals surface area contributed by atoms with Crippen LogP contribution in [0.4, 0.5) is 30.5 Å². The van der Waals surface area contributed by atoms with Gasteiger partial charge < -0.3 is 20.1 Å². The Bertz CT molecular complexity index is 1250. The molecule has 0 bridgehead atoms. The Kier molecular flexibility index (Phi) is 8.51. The zero-order chi connectivity index (χ0) is 29.2. The minimum atomic E-state index is -4.43. The van der Waals surface area contributed by atoms with Crippen molar-refractivity contribution in [2.24, 2.45) is 10.9 Å². The molecule has 1 atom stereocenters. The van der Waals surface area contributed by atoms with E-state index in [1.807, 2.05) is 11.8 Å². The number of rotatable bonds is 10. The fraction of sp³-hybridized carbons (Fsp3) is 0.586. The van der Waals surface area contributed by atoms with Crippen LogP contribution in [0, 0.1) is 5.92 Å². The molecular weight excluding hydrogens is 537 g/mol. The van der Waals surface area contributed by atoms with Gasteiger partial charge in [0.15, 0.2) is 11.6 Å². The summed E-state index contributed by atoms with van der Waals surface area (Å²) in [5.41, 5.74) is 0.213. The van der Waals surface area contributed by atoms with Gasteiger partial charge in [-0.25, -0.2) is 19.8 Å². The molecule has 5 rings (SSSR count). The first-order valence-electron chi connectivity index (χ1n) is 14.2. The van der Waals surface area contributed by atoms with Crippen molar-refractivity contribution in [3.05, 3.63) is 41.2 Å². The number of hydrogen-bond donors (Lipinski definition) is 2. The molecule has 1 aromatic carbocycles. The van der Waals surface area contributed by atoms with Gasteiger partial charge in [-0.05, 0) is 62.9 Å². The smallest absolute Gasteiger partial charge is 0.416 e. The zero-order valence-electron chi connectivity index (χ0n) is 23.3. The maximum atomic E-state index is 13.3. The third kappa shape index (κ3) is 6.64. The van der Waals surface area contributed by atoms with E-state index in [2.05, 4.69) is 31.9 Å². The fourth-order valence-electron chi connectivity index (χ4n) is 6.14. The number of nitrogens with zero attached hydrogens (tertiary/aromatic N) is 5. The molecule has 222 valence electrons. The van der Waals surface area contributed by atoms with E-state index in [1.54, 1.807) is 0 Å². The zero-order valence-corrected chi connectivity index (χ0v) is 23.3. The third-order valence-electron chi connectivity index (χ3n) is 8.61. The molecule has 2 saturated carbocycles. The van der Waals surface area contributed by atoms with Crippen molar-refractivity contribution in [2.45, 2.75) is 76.2 Å². The number of hydrogen-bond acceptors (Lipinski definition) is 8. The number of benzene rings is 1. The van der Waals surface area contributed by atoms with Crippen LogP contribution in [0.3, 0.4) is 0 Å². The summed E-state index contributed by atoms with van der Waals surface area (Å²) in [5.74, 6) is -0.820. The summed E-state index contributed by atoms with van der Waals surface area (Å²) >= 11 is 0. The average Bonchev–Trinajstić information content (AvgIpc) is 3.33. The molecule has 41 heavy (non-hydrogen) atoms. The lowest BCUT2D eigenvalue weighted by molar-refractivity contribution is -0.137. The monoisotopic (exact) mass is 574 g/mol. The van der Waals surface area contributed by atoms with Crippen LogP contribution in [0.25, 0.3) is 0 Å². The maximum absolute atomic E-state index is 13.3. The molecule has 0 radical (unpaired) electrons. The van der Waals surface area contributed by atoms with Gasteiger partial charge in [0.1, 0.15) is 5.69 Å². The highest BCUT2D eigenvalue weighted by molar-refractivity contribution is 5.87. The highest BCUT2D eigenvalue weighted by Crippen LogP contribution is 2.40. The first-order chi connectivity index (χ1) is 19.6. The topological polar surface area (TPSA) is 103 Å². The Balaban J connectivity index is 1.53. The lowest BCUT2D eigenvalue weighted by Crippen LogP contribution is -2.53. The summed E-state index contributed by atoms with van der Waals surface area (Å²) in [6, 6.07) is 5.10. The largest absolute Gasteiger partial charge is 0.475 e. The van der Waals surface area contributed by atoms with E-state index in [0.717, 1.165) is 63.6 Å². The lowest BCUT2D eigenvalue weighted by atomic mass is 9.80. The number of nitrogens with one attached hydrogen (secondary N) is 1. The van der Waals surface area contributed by atoms with Crippen molar-refractivity contribution in [1.82, 2.24) is 14.9 Å². The van der Waals surface area contributed by atoms with Gasteiger partial charge in [0.25, 0.3) is 0 Å². The number of aliphatic imine (C=N–C) groups is 1. The van der Waals surface area contributed by atoms with E-state index in [1.165, 1.54) is 12.1 Å². The third-order valence-corrected chi connectivity index (χ3v) is 8.61. The van der Waals surface area contributed by atoms with Crippen molar-refractivity contribution < 1.29 is 27.8 Å². The summed E-state index contributed by atoms with van der Waals surface area (Å²) in [7, 11) is 0. The summed E-state index contributed by atoms with van der Waals surface area (Å²) in [4.78, 5) is 28.8. The second kappa shape index (κ2) is 11.9. The Hall–Kier alpha value is -3.25. The number of carbonyl (C=O) groups is 1. The predicted octanol–water partition coefficient (Wildman–Crippen LogP) is 5.74. The predicted molar refractivity (Wildman–Crippen MR) is 150 cm³/mol. The fourth-order valence-corrected chi connectivity index (χ4v) is 6.14. The van der Waals surface area contributed by atoms with E-state index in [4.69, 9.17) is 4.74 Å². The molecule has 3 aliphatic rings. The van der Waals surface area contributed by atoms with Crippen LogP contribution in [-0.2, 0) is 17.5 Å². The van der Waals surface area contributed by atoms with Crippen LogP contribution in [0.5, 0.6) is 0 Å². The number of ether oxygens (including phenoxy) is 1. The highest BCUT2D eigenvalue weighted by atomic mass is 19.4. The van der Waals surface area contributed by atoms with Gasteiger partial charge in [-0.3, -0.25) is 4.90 Å². The number of halogens is 3. The molecule has 2 heterocycles. The quantitative estimate of drug-likeness (QED) is 0.347. The molecule has 1 saturated heterocycles. The molecule has 1 aliphatic heterocycles. The molecule has 0 amide bonds. The maximum Gasteiger partial charge on any atom is 0.416 e. The van der Waals surface area contributed by atoms with E-state index >= 15 is 0 Å². The normalized spacial score (nSPS) is 20.0. The summed E-state index contributed by atoms with van der Waals surface area (Å²) in [6.45, 7) is 8.32. The average molecular weight is 575 g/mol. The summed E-state index contributed by atoms with van der Waals surface area (Å²) in [5, 5.41) is 13.2. The van der Waals surface area contributed by atoms with Crippen LogP contribution < -0.4 is 10.2 Å². The van der Waals surface area contributed by atoms with Gasteiger partial charge in [0.2, 0.25) is 5.82 Å². The van der Waals surface area contributed by atoms with Gasteiger partial charge in [0.05, 0.1) is 24.4 Å². The molecule has 3 fully saturated rings. The van der Waals surface area contributed by atoms with Crippen LogP contribution in [-0.4, -0.2) is 70.7 Å². The number of aromatic carboxylic acids is 1. The first kappa shape index (κ1) is 29.2. The molecule has 12 heteroatoms. The van der Waals surface area contributed by atoms with Crippen molar-refractivity contribution in [1.29, 1.82) is 0 Å². The molecule has 9 nitrogen and oxygen atoms in total. The second-order valence-corrected chi connectivity index (χ2v) is 11.5. The second-order valence-electron chi connectivity index (χ2n) is 11.5. The lowest BCUT2D eigenvalue weighted by Gasteiger charge is -2.43. The van der Waals surface area contributed by atoms with Gasteiger partial charge in [0, 0.05) is 25.7 Å². The van der Waals surface area contributed by atoms with Crippen molar-refractivity contribution in [3.63, 3.8) is 0 Å². The summed E-state index contributed by atoms with van der Waals surface area (Å²) < 4.78 is 46.0. The van der Waals surface area contributed by atoms with Crippen molar-refractivity contribution in [3.8, 4) is 0 Å². The van der Waals surface area contributed by atoms with Crippen LogP contribution in [0.2, 0.25) is 0 Å². The number of morpholine rings is 1. The van der Waals surface area contributed by atoms with Gasteiger partial charge in [-0.1, -0.05) is 31.4 Å². The first-order valence-corrected chi connectivity index (χ1v) is 14.2. The highest BCUT2D eigenvalue weighted by Gasteiger charge is 2.40. The SMILES string of the molecule is C=Nc1nc(C(=O)O)nc(N[C@H](C)C2CCC2)c1N(Cc1ccc(C(F)(F)F)cc1)CN1CCOC2(CCCC2)C1. The molecule has 2 aliphatic carbocycles. The van der Waals surface area contributed by atoms with Crippen LogP contribution in [0.15, 0.2) is 29.3 Å². The Morgan fingerprint density at radius 2 is 1.95 bits per heavy atom. The number of carboxylic acid groups (broad SMARTS) is 1. The minimum Gasteiger partial charge on any atom is -0.475 e. The van der Waals surface area contributed by atoms with E-state index < -0.39 is 23.5 Å². The van der Waals surface area contributed by atoms with Crippen LogP contribution in [0.1, 0.15) is 73.6 Å². The molecule has 1 spiro atoms. The molecular formula is C29H37F3N6O3.